The van der Waals surface area contributed by atoms with Gasteiger partial charge in [0.1, 0.15) is 11.6 Å². The van der Waals surface area contributed by atoms with Gasteiger partial charge in [0, 0.05) is 68.1 Å². The fourth-order valence-electron chi connectivity index (χ4n) is 4.14. The van der Waals surface area contributed by atoms with Crippen molar-refractivity contribution in [2.24, 2.45) is 0 Å². The first kappa shape index (κ1) is 20.7. The van der Waals surface area contributed by atoms with Gasteiger partial charge in [-0.05, 0) is 32.1 Å². The summed E-state index contributed by atoms with van der Waals surface area (Å²) < 4.78 is 7.89. The number of hydrogen-bond acceptors (Lipinski definition) is 6. The first-order valence-electron chi connectivity index (χ1n) is 12.0. The Labute approximate surface area is 185 Å². The van der Waals surface area contributed by atoms with E-state index in [9.17, 15) is 0 Å². The zero-order chi connectivity index (χ0) is 21.4. The van der Waals surface area contributed by atoms with Crippen LogP contribution in [0.3, 0.4) is 0 Å². The predicted molar refractivity (Wildman–Crippen MR) is 122 cm³/mol. The van der Waals surface area contributed by atoms with Crippen LogP contribution in [0.2, 0.25) is 0 Å². The van der Waals surface area contributed by atoms with E-state index in [1.165, 1.54) is 31.4 Å². The Bertz CT molecular complexity index is 888. The van der Waals surface area contributed by atoms with Gasteiger partial charge < -0.3 is 9.64 Å². The summed E-state index contributed by atoms with van der Waals surface area (Å²) in [5.74, 6) is 3.52. The third kappa shape index (κ3) is 5.20. The molecule has 0 radical (unpaired) electrons. The van der Waals surface area contributed by atoms with E-state index in [4.69, 9.17) is 14.7 Å². The van der Waals surface area contributed by atoms with E-state index in [1.54, 1.807) is 0 Å². The van der Waals surface area contributed by atoms with Crippen molar-refractivity contribution in [1.82, 2.24) is 24.6 Å². The van der Waals surface area contributed by atoms with E-state index < -0.39 is 0 Å². The normalized spacial score (nSPS) is 20.3. The molecule has 2 aromatic rings. The first-order valence-corrected chi connectivity index (χ1v) is 12.0. The van der Waals surface area contributed by atoms with Gasteiger partial charge in [0.15, 0.2) is 0 Å². The van der Waals surface area contributed by atoms with Crippen molar-refractivity contribution in [3.8, 4) is 5.88 Å². The molecule has 5 rings (SSSR count). The Kier molecular flexibility index (Phi) is 5.63. The van der Waals surface area contributed by atoms with Crippen LogP contribution < -0.4 is 9.64 Å². The molecule has 0 N–H and O–H groups in total. The Balaban J connectivity index is 1.09. The number of anilines is 1. The lowest BCUT2D eigenvalue weighted by Gasteiger charge is -2.36. The fourth-order valence-corrected chi connectivity index (χ4v) is 4.14. The Hall–Kier alpha value is -2.15. The Morgan fingerprint density at radius 2 is 1.81 bits per heavy atom. The van der Waals surface area contributed by atoms with Crippen molar-refractivity contribution in [1.29, 1.82) is 0 Å². The molecule has 31 heavy (non-hydrogen) atoms. The maximum Gasteiger partial charge on any atom is 0.232 e. The Morgan fingerprint density at radius 1 is 1.03 bits per heavy atom. The van der Waals surface area contributed by atoms with E-state index in [0.717, 1.165) is 63.3 Å². The predicted octanol–water partition coefficient (Wildman–Crippen LogP) is 3.77. The SMILES string of the molecule is CC(C)(C)c1nc(C2CC2)cc(N2CCN(CCCOc3ccn(C4CC4)n3)CC2)n1. The van der Waals surface area contributed by atoms with E-state index in [1.807, 2.05) is 16.9 Å². The maximum atomic E-state index is 5.85. The van der Waals surface area contributed by atoms with Gasteiger partial charge in [0.25, 0.3) is 0 Å². The van der Waals surface area contributed by atoms with Crippen molar-refractivity contribution in [2.75, 3.05) is 44.2 Å². The third-order valence-corrected chi connectivity index (χ3v) is 6.47. The second-order valence-corrected chi connectivity index (χ2v) is 10.4. The summed E-state index contributed by atoms with van der Waals surface area (Å²) in [6.45, 7) is 12.6. The molecule has 3 heterocycles. The quantitative estimate of drug-likeness (QED) is 0.601. The minimum absolute atomic E-state index is 0.0179. The van der Waals surface area contributed by atoms with Gasteiger partial charge in [-0.1, -0.05) is 20.8 Å². The van der Waals surface area contributed by atoms with Crippen LogP contribution in [0.25, 0.3) is 0 Å². The lowest BCUT2D eigenvalue weighted by atomic mass is 9.95. The number of ether oxygens (including phenoxy) is 1. The fraction of sp³-hybridized carbons (Fsp3) is 0.708. The van der Waals surface area contributed by atoms with Crippen molar-refractivity contribution >= 4 is 5.82 Å². The molecule has 2 saturated carbocycles. The van der Waals surface area contributed by atoms with Gasteiger partial charge in [-0.15, -0.1) is 5.10 Å². The largest absolute Gasteiger partial charge is 0.477 e. The van der Waals surface area contributed by atoms with Crippen LogP contribution in [-0.4, -0.2) is 64.0 Å². The zero-order valence-electron chi connectivity index (χ0n) is 19.3. The molecule has 0 amide bonds. The van der Waals surface area contributed by atoms with E-state index in [2.05, 4.69) is 41.7 Å². The summed E-state index contributed by atoms with van der Waals surface area (Å²) in [5, 5.41) is 4.51. The van der Waals surface area contributed by atoms with Crippen LogP contribution in [0, 0.1) is 0 Å². The lowest BCUT2D eigenvalue weighted by Crippen LogP contribution is -2.47. The number of hydrogen-bond donors (Lipinski definition) is 0. The van der Waals surface area contributed by atoms with E-state index in [-0.39, 0.29) is 5.41 Å². The molecule has 168 valence electrons. The number of piperazine rings is 1. The van der Waals surface area contributed by atoms with Gasteiger partial charge in [0.05, 0.1) is 12.6 Å². The highest BCUT2D eigenvalue weighted by Crippen LogP contribution is 2.40. The average Bonchev–Trinajstić information content (AvgIpc) is 3.69. The Morgan fingerprint density at radius 3 is 2.48 bits per heavy atom. The molecule has 0 spiro atoms. The second-order valence-electron chi connectivity index (χ2n) is 10.4. The minimum atomic E-state index is -0.0179. The summed E-state index contributed by atoms with van der Waals surface area (Å²) >= 11 is 0. The summed E-state index contributed by atoms with van der Waals surface area (Å²) in [7, 11) is 0. The number of nitrogens with zero attached hydrogens (tertiary/aromatic N) is 6. The third-order valence-electron chi connectivity index (χ3n) is 6.47. The molecule has 1 aliphatic heterocycles. The summed E-state index contributed by atoms with van der Waals surface area (Å²) in [5.41, 5.74) is 1.23. The molecule has 0 atom stereocenters. The van der Waals surface area contributed by atoms with Crippen LogP contribution in [0.1, 0.15) is 76.4 Å². The van der Waals surface area contributed by atoms with Crippen LogP contribution in [0.15, 0.2) is 18.3 Å². The van der Waals surface area contributed by atoms with Crippen molar-refractivity contribution in [3.63, 3.8) is 0 Å². The molecule has 3 aliphatic rings. The maximum absolute atomic E-state index is 5.85. The van der Waals surface area contributed by atoms with Gasteiger partial charge >= 0.3 is 0 Å². The second kappa shape index (κ2) is 8.41. The smallest absolute Gasteiger partial charge is 0.232 e. The monoisotopic (exact) mass is 424 g/mol. The molecule has 7 heteroatoms. The zero-order valence-corrected chi connectivity index (χ0v) is 19.3. The minimum Gasteiger partial charge on any atom is -0.477 e. The highest BCUT2D eigenvalue weighted by Gasteiger charge is 2.30. The van der Waals surface area contributed by atoms with Crippen molar-refractivity contribution < 1.29 is 4.74 Å². The first-order chi connectivity index (χ1) is 15.0. The summed E-state index contributed by atoms with van der Waals surface area (Å²) in [6, 6.07) is 4.85. The van der Waals surface area contributed by atoms with E-state index in [0.29, 0.717) is 12.0 Å². The van der Waals surface area contributed by atoms with Gasteiger partial charge in [-0.3, -0.25) is 9.58 Å². The van der Waals surface area contributed by atoms with Crippen LogP contribution >= 0.6 is 0 Å². The highest BCUT2D eigenvalue weighted by molar-refractivity contribution is 5.42. The molecule has 1 saturated heterocycles. The van der Waals surface area contributed by atoms with Crippen molar-refractivity contribution in [2.45, 2.75) is 70.3 Å². The average molecular weight is 425 g/mol. The molecule has 0 bridgehead atoms. The van der Waals surface area contributed by atoms with E-state index >= 15 is 0 Å². The number of rotatable bonds is 8. The van der Waals surface area contributed by atoms with Gasteiger partial charge in [-0.2, -0.15) is 0 Å². The molecule has 2 aliphatic carbocycles. The van der Waals surface area contributed by atoms with Crippen LogP contribution in [-0.2, 0) is 5.41 Å². The molecular formula is C24H36N6O. The van der Waals surface area contributed by atoms with Crippen LogP contribution in [0.4, 0.5) is 5.82 Å². The summed E-state index contributed by atoms with van der Waals surface area (Å²) in [6.07, 6.45) is 8.12. The highest BCUT2D eigenvalue weighted by atomic mass is 16.5. The molecule has 0 aromatic carbocycles. The summed E-state index contributed by atoms with van der Waals surface area (Å²) in [4.78, 5) is 14.8. The van der Waals surface area contributed by atoms with Crippen LogP contribution in [0.5, 0.6) is 5.88 Å². The lowest BCUT2D eigenvalue weighted by molar-refractivity contribution is 0.220. The topological polar surface area (TPSA) is 59.3 Å². The number of aromatic nitrogens is 4. The standard InChI is InChI=1S/C24H36N6O/c1-24(2,3)23-25-20(18-5-6-18)17-21(26-23)29-14-12-28(13-15-29)10-4-16-31-22-9-11-30(27-22)19-7-8-19/h9,11,17-19H,4-8,10,12-16H2,1-3H3. The molecule has 3 fully saturated rings. The van der Waals surface area contributed by atoms with Crippen molar-refractivity contribution in [3.05, 3.63) is 29.8 Å². The molecule has 7 nitrogen and oxygen atoms in total. The molecule has 2 aromatic heterocycles. The molecular weight excluding hydrogens is 388 g/mol. The van der Waals surface area contributed by atoms with Gasteiger partial charge in [-0.25, -0.2) is 9.97 Å². The molecule has 0 unspecified atom stereocenters. The van der Waals surface area contributed by atoms with Gasteiger partial charge in [0.2, 0.25) is 5.88 Å².